The van der Waals surface area contributed by atoms with E-state index >= 15 is 0 Å². The highest BCUT2D eigenvalue weighted by Gasteiger charge is 2.12. The molecule has 35 heavy (non-hydrogen) atoms. The Balaban J connectivity index is 1.75. The molecule has 0 aliphatic heterocycles. The summed E-state index contributed by atoms with van der Waals surface area (Å²) in [7, 11) is -3.47. The third-order valence-electron chi connectivity index (χ3n) is 5.11. The minimum Gasteiger partial charge on any atom is -0.354 e. The van der Waals surface area contributed by atoms with E-state index in [1.54, 1.807) is 60.7 Å². The van der Waals surface area contributed by atoms with Crippen LogP contribution in [-0.2, 0) is 10.0 Å². The van der Waals surface area contributed by atoms with Gasteiger partial charge in [0.2, 0.25) is 10.0 Å². The number of benzene rings is 3. The van der Waals surface area contributed by atoms with Gasteiger partial charge >= 0.3 is 0 Å². The van der Waals surface area contributed by atoms with Gasteiger partial charge in [0.15, 0.2) is 0 Å². The van der Waals surface area contributed by atoms with E-state index in [2.05, 4.69) is 35.1 Å². The van der Waals surface area contributed by atoms with Crippen LogP contribution < -0.4 is 15.8 Å². The number of pyridine rings is 1. The summed E-state index contributed by atoms with van der Waals surface area (Å²) in [6.45, 7) is 0.298. The zero-order valence-corrected chi connectivity index (χ0v) is 19.1. The summed E-state index contributed by atoms with van der Waals surface area (Å²) in [6.07, 6.45) is 0.375. The van der Waals surface area contributed by atoms with E-state index in [9.17, 15) is 8.42 Å². The quantitative estimate of drug-likeness (QED) is 0.110. The molecule has 176 valence electrons. The number of nitrogens with zero attached hydrogens (tertiary/aromatic N) is 7. The van der Waals surface area contributed by atoms with Crippen LogP contribution in [0, 0.1) is 0 Å². The first-order valence-electron chi connectivity index (χ1n) is 10.5. The molecule has 3 aromatic carbocycles. The molecule has 4 rings (SSSR count). The second kappa shape index (κ2) is 10.2. The largest absolute Gasteiger partial charge is 0.354 e. The fourth-order valence-electron chi connectivity index (χ4n) is 3.55. The number of azide groups is 2. The van der Waals surface area contributed by atoms with E-state index < -0.39 is 10.0 Å². The van der Waals surface area contributed by atoms with Crippen LogP contribution in [0.1, 0.15) is 6.42 Å². The third kappa shape index (κ3) is 5.52. The van der Waals surface area contributed by atoms with Crippen molar-refractivity contribution >= 4 is 60.3 Å². The summed E-state index contributed by atoms with van der Waals surface area (Å²) >= 11 is 0. The molecule has 0 saturated heterocycles. The Morgan fingerprint density at radius 3 is 1.91 bits per heavy atom. The molecular weight excluding hydrogens is 468 g/mol. The molecule has 4 N–H and O–H groups in total. The summed E-state index contributed by atoms with van der Waals surface area (Å²) in [4.78, 5) is 10.3. The second-order valence-electron chi connectivity index (χ2n) is 7.53. The molecule has 0 unspecified atom stereocenters. The smallest absolute Gasteiger partial charge is 0.232 e. The van der Waals surface area contributed by atoms with Gasteiger partial charge in [-0.05, 0) is 60.4 Å². The van der Waals surface area contributed by atoms with Crippen LogP contribution in [0.4, 0.5) is 28.4 Å². The molecule has 12 nitrogen and oxygen atoms in total. The highest BCUT2D eigenvalue weighted by atomic mass is 32.2. The second-order valence-corrected chi connectivity index (χ2v) is 9.38. The van der Waals surface area contributed by atoms with Gasteiger partial charge in [-0.1, -0.05) is 34.5 Å². The van der Waals surface area contributed by atoms with Crippen molar-refractivity contribution < 1.29 is 8.42 Å². The highest BCUT2D eigenvalue weighted by Crippen LogP contribution is 2.36. The van der Waals surface area contributed by atoms with Crippen molar-refractivity contribution in [3.63, 3.8) is 0 Å². The van der Waals surface area contributed by atoms with Crippen molar-refractivity contribution in [3.05, 3.63) is 81.5 Å². The lowest BCUT2D eigenvalue weighted by Gasteiger charge is -2.15. The number of fused-ring (bicyclic) bond motifs is 2. The summed E-state index contributed by atoms with van der Waals surface area (Å²) in [5, 5.41) is 12.2. The predicted octanol–water partition coefficient (Wildman–Crippen LogP) is 6.11. The standard InChI is InChI=1S/C22H20N10O2S/c23-10-1-11-35(33,34)30-15-4-2-14(3-5-15)26-22-18-8-6-16(28-31-24)12-20(18)27-21-13-17(29-32-25)7-9-19(21)22/h2-9,12-13,30H,1,10-11,23H2,(H,26,27). The van der Waals surface area contributed by atoms with E-state index in [4.69, 9.17) is 16.8 Å². The molecule has 0 fully saturated rings. The molecule has 0 amide bonds. The number of nitrogens with two attached hydrogens (primary N) is 1. The molecule has 0 aliphatic carbocycles. The Labute approximate surface area is 200 Å². The number of rotatable bonds is 9. The van der Waals surface area contributed by atoms with Crippen LogP contribution in [0.5, 0.6) is 0 Å². The van der Waals surface area contributed by atoms with Gasteiger partial charge in [0.1, 0.15) is 0 Å². The summed E-state index contributed by atoms with van der Waals surface area (Å²) in [5.41, 5.74) is 26.8. The van der Waals surface area contributed by atoms with Crippen molar-refractivity contribution in [1.29, 1.82) is 0 Å². The van der Waals surface area contributed by atoms with Gasteiger partial charge in [0, 0.05) is 43.3 Å². The Morgan fingerprint density at radius 1 is 0.857 bits per heavy atom. The first kappa shape index (κ1) is 23.6. The van der Waals surface area contributed by atoms with E-state index in [1.807, 2.05) is 0 Å². The van der Waals surface area contributed by atoms with E-state index in [0.29, 0.717) is 46.7 Å². The number of nitrogens with one attached hydrogen (secondary N) is 2. The monoisotopic (exact) mass is 488 g/mol. The van der Waals surface area contributed by atoms with Crippen molar-refractivity contribution in [2.24, 2.45) is 16.0 Å². The van der Waals surface area contributed by atoms with Gasteiger partial charge in [-0.15, -0.1) is 0 Å². The van der Waals surface area contributed by atoms with Crippen LogP contribution in [0.15, 0.2) is 70.9 Å². The summed E-state index contributed by atoms with van der Waals surface area (Å²) < 4.78 is 26.8. The molecule has 0 atom stereocenters. The third-order valence-corrected chi connectivity index (χ3v) is 6.48. The fourth-order valence-corrected chi connectivity index (χ4v) is 4.70. The number of aromatic nitrogens is 1. The Hall–Kier alpha value is -4.54. The van der Waals surface area contributed by atoms with Crippen LogP contribution in [-0.4, -0.2) is 25.7 Å². The van der Waals surface area contributed by atoms with Crippen molar-refractivity contribution in [2.75, 3.05) is 22.3 Å². The molecule has 4 aromatic rings. The molecule has 1 aromatic heterocycles. The molecule has 0 radical (unpaired) electrons. The van der Waals surface area contributed by atoms with Crippen LogP contribution in [0.2, 0.25) is 0 Å². The molecule has 0 spiro atoms. The van der Waals surface area contributed by atoms with E-state index in [1.165, 1.54) is 0 Å². The normalized spacial score (nSPS) is 11.0. The van der Waals surface area contributed by atoms with Crippen molar-refractivity contribution in [3.8, 4) is 0 Å². The SMILES string of the molecule is [N-]=[N+]=Nc1ccc2c(Nc3ccc(NS(=O)(=O)CCCN)cc3)c3ccc(N=[N+]=[N-])cc3nc2c1. The van der Waals surface area contributed by atoms with Gasteiger partial charge in [-0.3, -0.25) is 4.72 Å². The average molecular weight is 489 g/mol. The Morgan fingerprint density at radius 2 is 1.40 bits per heavy atom. The minimum atomic E-state index is -3.47. The molecule has 1 heterocycles. The average Bonchev–Trinajstić information content (AvgIpc) is 2.84. The lowest BCUT2D eigenvalue weighted by atomic mass is 10.1. The summed E-state index contributed by atoms with van der Waals surface area (Å²) in [6, 6.07) is 17.1. The maximum atomic E-state index is 12.1. The number of hydrogen-bond acceptors (Lipinski definition) is 7. The minimum absolute atomic E-state index is 0.0475. The number of hydrogen-bond donors (Lipinski definition) is 3. The van der Waals surface area contributed by atoms with Crippen molar-refractivity contribution in [2.45, 2.75) is 6.42 Å². The fraction of sp³-hybridized carbons (Fsp3) is 0.136. The van der Waals surface area contributed by atoms with Crippen LogP contribution >= 0.6 is 0 Å². The maximum absolute atomic E-state index is 12.1. The van der Waals surface area contributed by atoms with E-state index in [-0.39, 0.29) is 5.75 Å². The molecular formula is C22H20N10O2S. The van der Waals surface area contributed by atoms with Gasteiger partial charge in [-0.25, -0.2) is 13.4 Å². The number of anilines is 3. The molecule has 0 aliphatic rings. The zero-order valence-electron chi connectivity index (χ0n) is 18.3. The number of sulfonamides is 1. The lowest BCUT2D eigenvalue weighted by Crippen LogP contribution is -2.18. The zero-order chi connectivity index (χ0) is 24.8. The highest BCUT2D eigenvalue weighted by molar-refractivity contribution is 7.92. The topological polar surface area (TPSA) is 195 Å². The Kier molecular flexibility index (Phi) is 6.86. The van der Waals surface area contributed by atoms with Gasteiger partial charge in [0.25, 0.3) is 0 Å². The molecule has 0 bridgehead atoms. The predicted molar refractivity (Wildman–Crippen MR) is 138 cm³/mol. The van der Waals surface area contributed by atoms with Crippen molar-refractivity contribution in [1.82, 2.24) is 4.98 Å². The molecule has 0 saturated carbocycles. The van der Waals surface area contributed by atoms with E-state index in [0.717, 1.165) is 16.5 Å². The lowest BCUT2D eigenvalue weighted by molar-refractivity contribution is 0.599. The summed E-state index contributed by atoms with van der Waals surface area (Å²) in [5.74, 6) is -0.0475. The first-order valence-corrected chi connectivity index (χ1v) is 12.1. The van der Waals surface area contributed by atoms with Gasteiger partial charge < -0.3 is 11.1 Å². The maximum Gasteiger partial charge on any atom is 0.232 e. The molecule has 13 heteroatoms. The van der Waals surface area contributed by atoms with Gasteiger partial charge in [-0.2, -0.15) is 0 Å². The van der Waals surface area contributed by atoms with Crippen LogP contribution in [0.25, 0.3) is 42.7 Å². The van der Waals surface area contributed by atoms with Crippen LogP contribution in [0.3, 0.4) is 0 Å². The first-order chi connectivity index (χ1) is 16.9. The Bertz CT molecular complexity index is 1530. The van der Waals surface area contributed by atoms with Gasteiger partial charge in [0.05, 0.1) is 22.5 Å².